The van der Waals surface area contributed by atoms with Gasteiger partial charge in [-0.05, 0) is 46.6 Å². The van der Waals surface area contributed by atoms with Crippen molar-refractivity contribution in [1.29, 1.82) is 0 Å². The summed E-state index contributed by atoms with van der Waals surface area (Å²) in [4.78, 5) is 3.97. The molecule has 1 aromatic carbocycles. The Morgan fingerprint density at radius 2 is 2.18 bits per heavy atom. The van der Waals surface area contributed by atoms with E-state index in [0.29, 0.717) is 12.4 Å². The fourth-order valence-corrected chi connectivity index (χ4v) is 1.83. The van der Waals surface area contributed by atoms with Crippen molar-refractivity contribution >= 4 is 15.9 Å². The smallest absolute Gasteiger partial charge is 0.127 e. The minimum Gasteiger partial charge on any atom is -0.489 e. The van der Waals surface area contributed by atoms with Gasteiger partial charge in [0.15, 0.2) is 0 Å². The largest absolute Gasteiger partial charge is 0.489 e. The quantitative estimate of drug-likeness (QED) is 0.857. The van der Waals surface area contributed by atoms with Crippen LogP contribution in [-0.4, -0.2) is 4.98 Å². The van der Waals surface area contributed by atoms with Crippen LogP contribution >= 0.6 is 15.9 Å². The summed E-state index contributed by atoms with van der Waals surface area (Å²) in [6.07, 6.45) is 3.40. The summed E-state index contributed by atoms with van der Waals surface area (Å²) in [5, 5.41) is 0. The van der Waals surface area contributed by atoms with Crippen molar-refractivity contribution in [2.24, 2.45) is 0 Å². The Hall–Kier alpha value is -1.42. The third-order valence-corrected chi connectivity index (χ3v) is 2.98. The molecule has 88 valence electrons. The molecule has 0 N–H and O–H groups in total. The highest BCUT2D eigenvalue weighted by Gasteiger charge is 2.02. The second-order valence-electron chi connectivity index (χ2n) is 3.72. The normalized spacial score (nSPS) is 10.3. The van der Waals surface area contributed by atoms with Crippen molar-refractivity contribution < 1.29 is 9.13 Å². The highest BCUT2D eigenvalue weighted by Crippen LogP contribution is 2.20. The van der Waals surface area contributed by atoms with E-state index in [2.05, 4.69) is 20.9 Å². The number of hydrogen-bond donors (Lipinski definition) is 0. The molecule has 0 atom stereocenters. The number of aryl methyl sites for hydroxylation is 1. The first-order chi connectivity index (χ1) is 8.15. The first-order valence-electron chi connectivity index (χ1n) is 5.13. The lowest BCUT2D eigenvalue weighted by molar-refractivity contribution is 0.303. The minimum absolute atomic E-state index is 0.284. The molecule has 1 heterocycles. The highest BCUT2D eigenvalue weighted by atomic mass is 79.9. The Morgan fingerprint density at radius 3 is 2.88 bits per heavy atom. The van der Waals surface area contributed by atoms with Gasteiger partial charge in [0.2, 0.25) is 0 Å². The lowest BCUT2D eigenvalue weighted by Crippen LogP contribution is -1.97. The number of aromatic nitrogens is 1. The average molecular weight is 296 g/mol. The van der Waals surface area contributed by atoms with E-state index < -0.39 is 0 Å². The van der Waals surface area contributed by atoms with Crippen LogP contribution in [0.2, 0.25) is 0 Å². The Morgan fingerprint density at radius 1 is 1.35 bits per heavy atom. The maximum absolute atomic E-state index is 13.1. The molecule has 0 aliphatic carbocycles. The zero-order chi connectivity index (χ0) is 12.3. The second-order valence-corrected chi connectivity index (χ2v) is 4.57. The number of ether oxygens (including phenoxy) is 1. The fraction of sp³-hybridized carbons (Fsp3) is 0.154. The molecule has 4 heteroatoms. The van der Waals surface area contributed by atoms with E-state index in [0.717, 1.165) is 15.6 Å². The Kier molecular flexibility index (Phi) is 3.74. The molecule has 0 fully saturated rings. The number of nitrogens with zero attached hydrogens (tertiary/aromatic N) is 1. The summed E-state index contributed by atoms with van der Waals surface area (Å²) < 4.78 is 19.6. The lowest BCUT2D eigenvalue weighted by atomic mass is 10.2. The van der Waals surface area contributed by atoms with Crippen molar-refractivity contribution in [3.05, 3.63) is 58.1 Å². The molecule has 0 amide bonds. The molecular weight excluding hydrogens is 285 g/mol. The van der Waals surface area contributed by atoms with E-state index in [9.17, 15) is 4.39 Å². The first-order valence-corrected chi connectivity index (χ1v) is 5.93. The maximum atomic E-state index is 13.1. The summed E-state index contributed by atoms with van der Waals surface area (Å²) in [6.45, 7) is 2.21. The Labute approximate surface area is 108 Å². The van der Waals surface area contributed by atoms with Crippen LogP contribution in [0.3, 0.4) is 0 Å². The topological polar surface area (TPSA) is 22.1 Å². The Balaban J connectivity index is 2.10. The van der Waals surface area contributed by atoms with E-state index in [1.807, 2.05) is 13.0 Å². The SMILES string of the molecule is Cc1cc(F)cc(OCc2ccncc2Br)c1. The number of halogens is 2. The standard InChI is InChI=1S/C13H11BrFNO/c1-9-4-11(15)6-12(5-9)17-8-10-2-3-16-7-13(10)14/h2-7H,8H2,1H3. The van der Waals surface area contributed by atoms with Gasteiger partial charge in [0.05, 0.1) is 0 Å². The van der Waals surface area contributed by atoms with Crippen molar-refractivity contribution in [2.45, 2.75) is 13.5 Å². The summed E-state index contributed by atoms with van der Waals surface area (Å²) in [5.74, 6) is 0.250. The van der Waals surface area contributed by atoms with Crippen molar-refractivity contribution in [3.8, 4) is 5.75 Å². The van der Waals surface area contributed by atoms with Crippen LogP contribution in [0.15, 0.2) is 41.1 Å². The molecule has 0 aliphatic rings. The summed E-state index contributed by atoms with van der Waals surface area (Å²) in [6, 6.07) is 6.51. The summed E-state index contributed by atoms with van der Waals surface area (Å²) in [5.41, 5.74) is 1.82. The first kappa shape index (κ1) is 12.0. The maximum Gasteiger partial charge on any atom is 0.127 e. The van der Waals surface area contributed by atoms with E-state index in [-0.39, 0.29) is 5.82 Å². The van der Waals surface area contributed by atoms with Crippen LogP contribution in [0.5, 0.6) is 5.75 Å². The van der Waals surface area contributed by atoms with Gasteiger partial charge in [-0.2, -0.15) is 0 Å². The fourth-order valence-electron chi connectivity index (χ4n) is 1.47. The number of benzene rings is 1. The molecule has 0 saturated heterocycles. The van der Waals surface area contributed by atoms with Gasteiger partial charge >= 0.3 is 0 Å². The van der Waals surface area contributed by atoms with Crippen LogP contribution in [0.4, 0.5) is 4.39 Å². The summed E-state index contributed by atoms with van der Waals surface area (Å²) in [7, 11) is 0. The van der Waals surface area contributed by atoms with Crippen molar-refractivity contribution in [2.75, 3.05) is 0 Å². The van der Waals surface area contributed by atoms with Gasteiger partial charge in [-0.15, -0.1) is 0 Å². The van der Waals surface area contributed by atoms with Gasteiger partial charge in [-0.3, -0.25) is 4.98 Å². The molecule has 2 aromatic rings. The zero-order valence-corrected chi connectivity index (χ0v) is 10.9. The van der Waals surface area contributed by atoms with Gasteiger partial charge in [0.25, 0.3) is 0 Å². The van der Waals surface area contributed by atoms with Gasteiger partial charge in [0, 0.05) is 28.5 Å². The minimum atomic E-state index is -0.284. The predicted octanol–water partition coefficient (Wildman–Crippen LogP) is 3.87. The van der Waals surface area contributed by atoms with Gasteiger partial charge in [-0.25, -0.2) is 4.39 Å². The third-order valence-electron chi connectivity index (χ3n) is 2.27. The van der Waals surface area contributed by atoms with Gasteiger partial charge < -0.3 is 4.74 Å². The van der Waals surface area contributed by atoms with E-state index in [1.54, 1.807) is 18.5 Å². The van der Waals surface area contributed by atoms with E-state index in [4.69, 9.17) is 4.74 Å². The van der Waals surface area contributed by atoms with Gasteiger partial charge in [-0.1, -0.05) is 0 Å². The van der Waals surface area contributed by atoms with Crippen molar-refractivity contribution in [3.63, 3.8) is 0 Å². The predicted molar refractivity (Wildman–Crippen MR) is 67.4 cm³/mol. The second kappa shape index (κ2) is 5.27. The van der Waals surface area contributed by atoms with E-state index in [1.165, 1.54) is 12.1 Å². The van der Waals surface area contributed by atoms with Crippen LogP contribution in [0, 0.1) is 12.7 Å². The lowest BCUT2D eigenvalue weighted by Gasteiger charge is -2.08. The molecule has 0 radical (unpaired) electrons. The molecule has 0 saturated carbocycles. The van der Waals surface area contributed by atoms with Crippen LogP contribution in [0.1, 0.15) is 11.1 Å². The monoisotopic (exact) mass is 295 g/mol. The Bertz CT molecular complexity index is 510. The highest BCUT2D eigenvalue weighted by molar-refractivity contribution is 9.10. The molecule has 2 rings (SSSR count). The molecular formula is C13H11BrFNO. The molecule has 0 bridgehead atoms. The van der Waals surface area contributed by atoms with Gasteiger partial charge in [0.1, 0.15) is 18.2 Å². The zero-order valence-electron chi connectivity index (χ0n) is 9.28. The number of pyridine rings is 1. The molecule has 2 nitrogen and oxygen atoms in total. The molecule has 0 unspecified atom stereocenters. The van der Waals surface area contributed by atoms with Crippen molar-refractivity contribution in [1.82, 2.24) is 4.98 Å². The molecule has 17 heavy (non-hydrogen) atoms. The number of hydrogen-bond acceptors (Lipinski definition) is 2. The molecule has 1 aromatic heterocycles. The van der Waals surface area contributed by atoms with Crippen LogP contribution in [-0.2, 0) is 6.61 Å². The molecule has 0 aliphatic heterocycles. The third kappa shape index (κ3) is 3.27. The van der Waals surface area contributed by atoms with E-state index >= 15 is 0 Å². The number of rotatable bonds is 3. The van der Waals surface area contributed by atoms with Crippen LogP contribution < -0.4 is 4.74 Å². The summed E-state index contributed by atoms with van der Waals surface area (Å²) >= 11 is 3.38. The average Bonchev–Trinajstić information content (AvgIpc) is 2.27. The molecule has 0 spiro atoms. The van der Waals surface area contributed by atoms with Crippen LogP contribution in [0.25, 0.3) is 0 Å².